The van der Waals surface area contributed by atoms with Gasteiger partial charge in [0, 0.05) is 10.5 Å². The minimum absolute atomic E-state index is 0.168. The number of rotatable bonds is 4. The third kappa shape index (κ3) is 3.21. The van der Waals surface area contributed by atoms with Crippen molar-refractivity contribution in [2.45, 2.75) is 73.8 Å². The first-order valence-electron chi connectivity index (χ1n) is 7.30. The number of carbonyl (C=O) groups excluding carboxylic acids is 1. The first-order chi connectivity index (χ1) is 8.66. The largest absolute Gasteiger partial charge is 0.368 e. The first kappa shape index (κ1) is 14.2. The summed E-state index contributed by atoms with van der Waals surface area (Å²) in [4.78, 5) is 11.7. The Bertz CT molecular complexity index is 292. The van der Waals surface area contributed by atoms with Crippen LogP contribution >= 0.6 is 11.8 Å². The Labute approximate surface area is 115 Å². The van der Waals surface area contributed by atoms with Crippen LogP contribution in [0.5, 0.6) is 0 Å². The Kier molecular flexibility index (Phi) is 4.96. The Morgan fingerprint density at radius 3 is 2.44 bits per heavy atom. The van der Waals surface area contributed by atoms with E-state index in [1.807, 2.05) is 7.05 Å². The lowest BCUT2D eigenvalue weighted by Gasteiger charge is -2.39. The quantitative estimate of drug-likeness (QED) is 0.825. The molecule has 2 fully saturated rings. The van der Waals surface area contributed by atoms with Crippen LogP contribution in [0.1, 0.15) is 57.8 Å². The van der Waals surface area contributed by atoms with Crippen molar-refractivity contribution in [1.29, 1.82) is 0 Å². The molecule has 104 valence electrons. The fraction of sp³-hybridized carbons (Fsp3) is 0.929. The maximum Gasteiger partial charge on any atom is 0.237 e. The Morgan fingerprint density at radius 1 is 1.17 bits per heavy atom. The van der Waals surface area contributed by atoms with Crippen LogP contribution in [0, 0.1) is 0 Å². The van der Waals surface area contributed by atoms with Crippen LogP contribution in [0.2, 0.25) is 0 Å². The maximum atomic E-state index is 11.7. The molecule has 3 nitrogen and oxygen atoms in total. The molecule has 1 amide bonds. The van der Waals surface area contributed by atoms with E-state index in [0.717, 1.165) is 24.5 Å². The van der Waals surface area contributed by atoms with Crippen LogP contribution in [0.25, 0.3) is 0 Å². The summed E-state index contributed by atoms with van der Waals surface area (Å²) in [5.74, 6) is -0.168. The summed E-state index contributed by atoms with van der Waals surface area (Å²) in [5, 5.41) is 4.63. The van der Waals surface area contributed by atoms with Gasteiger partial charge in [0.1, 0.15) is 0 Å². The van der Waals surface area contributed by atoms with E-state index in [0.29, 0.717) is 5.25 Å². The van der Waals surface area contributed by atoms with Gasteiger partial charge in [-0.15, -0.1) is 0 Å². The standard InChI is InChI=1S/C14H26N2OS/c1-16-14(13(15)17)9-5-8-12(10-14)18-11-6-3-2-4-7-11/h11-12,16H,2-10H2,1H3,(H2,15,17). The number of hydrogen-bond acceptors (Lipinski definition) is 3. The molecule has 2 saturated carbocycles. The van der Waals surface area contributed by atoms with Crippen molar-refractivity contribution in [3.63, 3.8) is 0 Å². The predicted molar refractivity (Wildman–Crippen MR) is 77.7 cm³/mol. The number of nitrogens with one attached hydrogen (secondary N) is 1. The van der Waals surface area contributed by atoms with Crippen molar-refractivity contribution in [3.05, 3.63) is 0 Å². The average molecular weight is 270 g/mol. The van der Waals surface area contributed by atoms with Crippen molar-refractivity contribution >= 4 is 17.7 Å². The number of likely N-dealkylation sites (N-methyl/N-ethyl adjacent to an activating group) is 1. The smallest absolute Gasteiger partial charge is 0.237 e. The van der Waals surface area contributed by atoms with Gasteiger partial charge in [-0.1, -0.05) is 19.3 Å². The molecule has 4 heteroatoms. The van der Waals surface area contributed by atoms with E-state index in [1.165, 1.54) is 38.5 Å². The molecule has 0 aromatic rings. The second-order valence-electron chi connectivity index (χ2n) is 5.81. The van der Waals surface area contributed by atoms with Gasteiger partial charge in [0.05, 0.1) is 5.54 Å². The molecular weight excluding hydrogens is 244 g/mol. The molecule has 3 N–H and O–H groups in total. The summed E-state index contributed by atoms with van der Waals surface area (Å²) in [6, 6.07) is 0. The van der Waals surface area contributed by atoms with Gasteiger partial charge in [0.25, 0.3) is 0 Å². The number of carbonyl (C=O) groups is 1. The minimum atomic E-state index is -0.440. The second kappa shape index (κ2) is 6.29. The van der Waals surface area contributed by atoms with E-state index in [-0.39, 0.29) is 5.91 Å². The zero-order chi connectivity index (χ0) is 13.0. The van der Waals surface area contributed by atoms with Gasteiger partial charge in [-0.3, -0.25) is 4.79 Å². The number of amides is 1. The van der Waals surface area contributed by atoms with Gasteiger partial charge in [-0.05, 0) is 45.6 Å². The van der Waals surface area contributed by atoms with Gasteiger partial charge in [-0.25, -0.2) is 0 Å². The lowest BCUT2D eigenvalue weighted by molar-refractivity contribution is -0.125. The topological polar surface area (TPSA) is 55.1 Å². The molecule has 0 radical (unpaired) electrons. The number of thioether (sulfide) groups is 1. The number of primary amides is 1. The van der Waals surface area contributed by atoms with Crippen LogP contribution < -0.4 is 11.1 Å². The van der Waals surface area contributed by atoms with E-state index in [9.17, 15) is 4.79 Å². The zero-order valence-electron chi connectivity index (χ0n) is 11.4. The third-order valence-electron chi connectivity index (χ3n) is 4.59. The highest BCUT2D eigenvalue weighted by Crippen LogP contribution is 2.40. The molecule has 0 aromatic carbocycles. The van der Waals surface area contributed by atoms with Crippen LogP contribution in [-0.2, 0) is 4.79 Å². The van der Waals surface area contributed by atoms with Crippen molar-refractivity contribution < 1.29 is 4.79 Å². The first-order valence-corrected chi connectivity index (χ1v) is 8.25. The fourth-order valence-electron chi connectivity index (χ4n) is 3.39. The molecule has 2 unspecified atom stereocenters. The Balaban J connectivity index is 1.91. The normalized spacial score (nSPS) is 34.4. The molecule has 2 aliphatic carbocycles. The van der Waals surface area contributed by atoms with Gasteiger partial charge >= 0.3 is 0 Å². The van der Waals surface area contributed by atoms with Gasteiger partial charge in [-0.2, -0.15) is 11.8 Å². The van der Waals surface area contributed by atoms with Crippen molar-refractivity contribution in [1.82, 2.24) is 5.32 Å². The predicted octanol–water partition coefficient (Wildman–Crippen LogP) is 2.44. The average Bonchev–Trinajstić information content (AvgIpc) is 2.40. The summed E-state index contributed by atoms with van der Waals surface area (Å²) in [7, 11) is 1.87. The van der Waals surface area contributed by atoms with Crippen molar-refractivity contribution in [2.24, 2.45) is 5.73 Å². The van der Waals surface area contributed by atoms with E-state index < -0.39 is 5.54 Å². The lowest BCUT2D eigenvalue weighted by atomic mass is 9.81. The zero-order valence-corrected chi connectivity index (χ0v) is 12.2. The molecule has 0 spiro atoms. The molecule has 0 aliphatic heterocycles. The van der Waals surface area contributed by atoms with E-state index in [2.05, 4.69) is 17.1 Å². The summed E-state index contributed by atoms with van der Waals surface area (Å²) in [5.41, 5.74) is 5.16. The SMILES string of the molecule is CNC1(C(N)=O)CCCC(SC2CCCCC2)C1. The molecular formula is C14H26N2OS. The molecule has 0 saturated heterocycles. The number of nitrogens with two attached hydrogens (primary N) is 1. The molecule has 0 aromatic heterocycles. The second-order valence-corrected chi connectivity index (χ2v) is 7.42. The summed E-state index contributed by atoms with van der Waals surface area (Å²) >= 11 is 2.13. The Morgan fingerprint density at radius 2 is 1.83 bits per heavy atom. The van der Waals surface area contributed by atoms with E-state index in [4.69, 9.17) is 5.73 Å². The van der Waals surface area contributed by atoms with Gasteiger partial charge < -0.3 is 11.1 Å². The van der Waals surface area contributed by atoms with Gasteiger partial charge in [0.2, 0.25) is 5.91 Å². The molecule has 0 bridgehead atoms. The molecule has 2 rings (SSSR count). The molecule has 18 heavy (non-hydrogen) atoms. The molecule has 0 heterocycles. The highest BCUT2D eigenvalue weighted by atomic mass is 32.2. The lowest BCUT2D eigenvalue weighted by Crippen LogP contribution is -2.57. The van der Waals surface area contributed by atoms with Crippen LogP contribution in [-0.4, -0.2) is 29.0 Å². The van der Waals surface area contributed by atoms with Crippen LogP contribution in [0.4, 0.5) is 0 Å². The van der Waals surface area contributed by atoms with E-state index in [1.54, 1.807) is 0 Å². The Hall–Kier alpha value is -0.220. The summed E-state index contributed by atoms with van der Waals surface area (Å²) in [6.07, 6.45) is 11.1. The molecule has 2 aliphatic rings. The number of hydrogen-bond donors (Lipinski definition) is 2. The van der Waals surface area contributed by atoms with Crippen molar-refractivity contribution in [2.75, 3.05) is 7.05 Å². The fourth-order valence-corrected chi connectivity index (χ4v) is 5.22. The van der Waals surface area contributed by atoms with E-state index >= 15 is 0 Å². The summed E-state index contributed by atoms with van der Waals surface area (Å²) < 4.78 is 0. The maximum absolute atomic E-state index is 11.7. The minimum Gasteiger partial charge on any atom is -0.368 e. The molecule has 2 atom stereocenters. The monoisotopic (exact) mass is 270 g/mol. The highest BCUT2D eigenvalue weighted by Gasteiger charge is 2.40. The van der Waals surface area contributed by atoms with Gasteiger partial charge in [0.15, 0.2) is 0 Å². The summed E-state index contributed by atoms with van der Waals surface area (Å²) in [6.45, 7) is 0. The third-order valence-corrected chi connectivity index (χ3v) is 6.24. The highest BCUT2D eigenvalue weighted by molar-refractivity contribution is 8.00. The van der Waals surface area contributed by atoms with Crippen LogP contribution in [0.15, 0.2) is 0 Å². The van der Waals surface area contributed by atoms with Crippen molar-refractivity contribution in [3.8, 4) is 0 Å². The van der Waals surface area contributed by atoms with Crippen LogP contribution in [0.3, 0.4) is 0 Å².